The van der Waals surface area contributed by atoms with Crippen molar-refractivity contribution in [2.75, 3.05) is 12.3 Å². The molecule has 4 unspecified atom stereocenters. The number of hydrogen-bond acceptors (Lipinski definition) is 12. The second kappa shape index (κ2) is 13.6. The lowest BCUT2D eigenvalue weighted by atomic mass is 9.84. The highest BCUT2D eigenvalue weighted by Gasteiger charge is 2.57. The first kappa shape index (κ1) is 34.9. The molecule has 0 radical (unpaired) electrons. The van der Waals surface area contributed by atoms with Crippen LogP contribution in [0.3, 0.4) is 0 Å². The highest BCUT2D eigenvalue weighted by Crippen LogP contribution is 2.37. The fourth-order valence-corrected chi connectivity index (χ4v) is 6.45. The topological polar surface area (TPSA) is 238 Å². The van der Waals surface area contributed by atoms with Gasteiger partial charge in [0, 0.05) is 5.38 Å². The van der Waals surface area contributed by atoms with Crippen molar-refractivity contribution in [2.24, 2.45) is 17.9 Å². The third-order valence-corrected chi connectivity index (χ3v) is 9.34. The van der Waals surface area contributed by atoms with Crippen LogP contribution in [-0.2, 0) is 54.9 Å². The van der Waals surface area contributed by atoms with Gasteiger partial charge in [-0.15, -0.1) is 20.3 Å². The summed E-state index contributed by atoms with van der Waals surface area (Å²) in [6.45, 7) is 5.68. The number of aryl methyl sites for hydroxylation is 3. The largest absolute Gasteiger partial charge is 0.485 e. The zero-order valence-corrected chi connectivity index (χ0v) is 28.2. The van der Waals surface area contributed by atoms with Gasteiger partial charge in [-0.25, -0.2) is 9.78 Å². The number of hydrogen-bond donors (Lipinski definition) is 5. The summed E-state index contributed by atoms with van der Waals surface area (Å²) >= 11 is -1.76. The molecule has 48 heavy (non-hydrogen) atoms. The lowest BCUT2D eigenvalue weighted by Gasteiger charge is -2.50. The van der Waals surface area contributed by atoms with Gasteiger partial charge in [-0.05, 0) is 69.8 Å². The number of oxime groups is 1. The van der Waals surface area contributed by atoms with E-state index in [1.165, 1.54) is 26.2 Å². The lowest BCUT2D eigenvalue weighted by Crippen LogP contribution is -2.76. The molecular formula is C29H37N8O9S2+. The Balaban J connectivity index is 1.36. The van der Waals surface area contributed by atoms with Gasteiger partial charge in [0.1, 0.15) is 17.5 Å². The number of carboxylic acids is 1. The molecule has 2 aliphatic heterocycles. The molecule has 5 rings (SSSR count). The average Bonchev–Trinajstić information content (AvgIpc) is 3.65. The van der Waals surface area contributed by atoms with Crippen molar-refractivity contribution in [3.05, 3.63) is 47.2 Å². The Kier molecular flexibility index (Phi) is 9.88. The third-order valence-electron chi connectivity index (χ3n) is 8.39. The summed E-state index contributed by atoms with van der Waals surface area (Å²) < 4.78 is 35.0. The molecule has 2 aliphatic rings. The number of carboxylic acid groups (broad SMARTS) is 1. The minimum absolute atomic E-state index is 0.0235. The van der Waals surface area contributed by atoms with Crippen LogP contribution in [0.25, 0.3) is 11.1 Å². The number of hydroxylamine groups is 2. The average molecular weight is 706 g/mol. The van der Waals surface area contributed by atoms with Gasteiger partial charge in [0.15, 0.2) is 24.0 Å². The molecule has 258 valence electrons. The number of β-lactam (4-membered cyclic amide) rings is 1. The molecule has 0 bridgehead atoms. The third kappa shape index (κ3) is 6.76. The Morgan fingerprint density at radius 1 is 1.35 bits per heavy atom. The number of carbonyl (C=O) groups excluding carboxylic acids is 2. The number of nitrogens with one attached hydrogen (secondary N) is 1. The minimum atomic E-state index is -2.77. The summed E-state index contributed by atoms with van der Waals surface area (Å²) in [5.74, 6) is -2.62. The molecule has 2 amide bonds. The number of aromatic nitrogens is 3. The van der Waals surface area contributed by atoms with Crippen LogP contribution >= 0.6 is 11.3 Å². The number of anilines is 1. The van der Waals surface area contributed by atoms with E-state index in [4.69, 9.17) is 25.6 Å². The molecule has 4 atom stereocenters. The van der Waals surface area contributed by atoms with Crippen LogP contribution < -0.4 is 26.2 Å². The number of nitrogens with two attached hydrogens (primary N) is 2. The summed E-state index contributed by atoms with van der Waals surface area (Å²) in [7, 11) is 1.96. The Morgan fingerprint density at radius 3 is 2.73 bits per heavy atom. The van der Waals surface area contributed by atoms with Crippen molar-refractivity contribution in [1.29, 1.82) is 0 Å². The van der Waals surface area contributed by atoms with E-state index in [1.54, 1.807) is 6.07 Å². The highest BCUT2D eigenvalue weighted by molar-refractivity contribution is 7.74. The highest BCUT2D eigenvalue weighted by atomic mass is 32.2. The van der Waals surface area contributed by atoms with Crippen LogP contribution in [0.4, 0.5) is 5.13 Å². The molecule has 2 aromatic heterocycles. The smallest absolute Gasteiger partial charge is 0.354 e. The maximum atomic E-state index is 13.5. The summed E-state index contributed by atoms with van der Waals surface area (Å²) in [5.41, 5.74) is 10.6. The van der Waals surface area contributed by atoms with Crippen LogP contribution in [0.15, 0.2) is 41.1 Å². The van der Waals surface area contributed by atoms with Crippen LogP contribution in [0, 0.1) is 0 Å². The number of rotatable bonds is 13. The molecule has 19 heteroatoms. The number of nitrogen functional groups attached to an aromatic ring is 1. The first-order valence-electron chi connectivity index (χ1n) is 14.9. The van der Waals surface area contributed by atoms with Gasteiger partial charge in [-0.2, -0.15) is 14.0 Å². The number of ether oxygens (including phenoxy) is 1. The molecule has 1 fully saturated rings. The van der Waals surface area contributed by atoms with Gasteiger partial charge in [0.25, 0.3) is 17.4 Å². The van der Waals surface area contributed by atoms with Gasteiger partial charge in [-0.3, -0.25) is 14.1 Å². The van der Waals surface area contributed by atoms with Crippen LogP contribution in [-0.4, -0.2) is 81.9 Å². The molecule has 3 aromatic rings. The molecule has 0 aliphatic carbocycles. The molecule has 17 nitrogen and oxygen atoms in total. The Morgan fingerprint density at radius 2 is 2.10 bits per heavy atom. The second-order valence-corrected chi connectivity index (χ2v) is 13.5. The molecule has 0 spiro atoms. The summed E-state index contributed by atoms with van der Waals surface area (Å²) in [5, 5.41) is 18.9. The van der Waals surface area contributed by atoms with Gasteiger partial charge in [0.2, 0.25) is 6.20 Å². The zero-order chi connectivity index (χ0) is 35.0. The first-order valence-corrected chi connectivity index (χ1v) is 16.8. The number of thiazole rings is 1. The molecule has 7 N–H and O–H groups in total. The van der Waals surface area contributed by atoms with E-state index in [1.807, 2.05) is 36.3 Å². The predicted octanol–water partition coefficient (Wildman–Crippen LogP) is 0.499. The van der Waals surface area contributed by atoms with Gasteiger partial charge >= 0.3 is 17.3 Å². The number of carbonyl (C=O) groups is 3. The SMILES string of the molecule is C[n+]1cc(-c2ccc3c(c2)CCC(C(C)(O/N=C(\C(=O)NC2C(=O)N(OS(=O)O)C2(C)C)c2csc(N)n2)C(=O)O)O3)cn1CCCN. The molecule has 1 saturated heterocycles. The standard InChI is InChI=1S/C29H36N8O9S2/c1-28(2)23(25(39)37(28)46-48(42)43)33-24(38)22(19-15-47-27(31)32-19)34-45-29(3,26(40)41)21-9-7-17-12-16(6-8-20(17)44-21)18-13-35(4)36(14-18)11-5-10-30/h6,8,12-15,21,23H,5,7,9-11,30H2,1-4H3,(H4-,31,32,33,38,40,41,42,43)/p+1/b34-22-. The number of nitrogens with zero attached hydrogens (tertiary/aromatic N) is 5. The summed E-state index contributed by atoms with van der Waals surface area (Å²) in [4.78, 5) is 48.5. The van der Waals surface area contributed by atoms with E-state index < -0.39 is 58.1 Å². The molecule has 0 saturated carbocycles. The maximum absolute atomic E-state index is 13.5. The van der Waals surface area contributed by atoms with E-state index in [0.29, 0.717) is 23.8 Å². The Hall–Kier alpha value is -4.43. The van der Waals surface area contributed by atoms with E-state index in [9.17, 15) is 23.7 Å². The number of benzene rings is 1. The number of aliphatic carboxylic acids is 1. The van der Waals surface area contributed by atoms with Crippen molar-refractivity contribution < 1.29 is 46.8 Å². The fourth-order valence-electron chi connectivity index (χ4n) is 5.51. The van der Waals surface area contributed by atoms with Crippen molar-refractivity contribution in [1.82, 2.24) is 20.0 Å². The first-order chi connectivity index (χ1) is 22.6. The van der Waals surface area contributed by atoms with Crippen molar-refractivity contribution in [3.63, 3.8) is 0 Å². The Bertz CT molecular complexity index is 1790. The predicted molar refractivity (Wildman–Crippen MR) is 172 cm³/mol. The normalized spacial score (nSPS) is 20.6. The summed E-state index contributed by atoms with van der Waals surface area (Å²) in [6.07, 6.45) is 4.65. The van der Waals surface area contributed by atoms with E-state index >= 15 is 0 Å². The number of amides is 2. The monoisotopic (exact) mass is 705 g/mol. The van der Waals surface area contributed by atoms with E-state index in [-0.39, 0.29) is 17.2 Å². The summed E-state index contributed by atoms with van der Waals surface area (Å²) in [6, 6.07) is 4.50. The van der Waals surface area contributed by atoms with Gasteiger partial charge in [-0.1, -0.05) is 11.2 Å². The van der Waals surface area contributed by atoms with Crippen molar-refractivity contribution >= 4 is 51.3 Å². The minimum Gasteiger partial charge on any atom is -0.485 e. The van der Waals surface area contributed by atoms with Crippen LogP contribution in [0.5, 0.6) is 5.75 Å². The van der Waals surface area contributed by atoms with Crippen LogP contribution in [0.2, 0.25) is 0 Å². The fraction of sp³-hybridized carbons (Fsp3) is 0.448. The van der Waals surface area contributed by atoms with E-state index in [2.05, 4.69) is 24.4 Å². The quantitative estimate of drug-likeness (QED) is 0.0537. The zero-order valence-electron chi connectivity index (χ0n) is 26.6. The van der Waals surface area contributed by atoms with Crippen molar-refractivity contribution in [2.45, 2.75) is 69.9 Å². The molecular weight excluding hydrogens is 668 g/mol. The number of fused-ring (bicyclic) bond motifs is 1. The molecule has 1 aromatic carbocycles. The van der Waals surface area contributed by atoms with Crippen LogP contribution in [0.1, 0.15) is 44.9 Å². The van der Waals surface area contributed by atoms with E-state index in [0.717, 1.165) is 41.0 Å². The van der Waals surface area contributed by atoms with Gasteiger partial charge in [0.05, 0.1) is 23.8 Å². The second-order valence-electron chi connectivity index (χ2n) is 12.1. The van der Waals surface area contributed by atoms with Crippen molar-refractivity contribution in [3.8, 4) is 16.9 Å². The maximum Gasteiger partial charge on any atom is 0.354 e. The lowest BCUT2D eigenvalue weighted by molar-refractivity contribution is -0.753. The Labute approximate surface area is 281 Å². The molecule has 4 heterocycles. The van der Waals surface area contributed by atoms with Gasteiger partial charge < -0.3 is 31.5 Å².